The lowest BCUT2D eigenvalue weighted by Gasteiger charge is -2.30. The number of nitrogens with zero attached hydrogens (tertiary/aromatic N) is 1. The fourth-order valence-electron chi connectivity index (χ4n) is 2.51. The molecule has 2 nitrogen and oxygen atoms in total. The number of nitrogens with one attached hydrogen (secondary N) is 1. The summed E-state index contributed by atoms with van der Waals surface area (Å²) in [7, 11) is 0. The minimum atomic E-state index is 0.577. The van der Waals surface area contributed by atoms with Crippen molar-refractivity contribution in [1.82, 2.24) is 0 Å². The van der Waals surface area contributed by atoms with E-state index < -0.39 is 0 Å². The minimum absolute atomic E-state index is 0.577. The number of para-hydroxylation sites is 1. The molecule has 1 N–H and O–H groups in total. The molecule has 18 heavy (non-hydrogen) atoms. The van der Waals surface area contributed by atoms with E-state index in [4.69, 9.17) is 5.26 Å². The Balaban J connectivity index is 1.69. The van der Waals surface area contributed by atoms with Crippen LogP contribution in [-0.4, -0.2) is 6.54 Å². The van der Waals surface area contributed by atoms with Crippen molar-refractivity contribution in [2.24, 2.45) is 0 Å². The average Bonchev–Trinajstić information content (AvgIpc) is 2.40. The van der Waals surface area contributed by atoms with Gasteiger partial charge in [0.2, 0.25) is 0 Å². The van der Waals surface area contributed by atoms with Crippen LogP contribution < -0.4 is 5.32 Å². The number of hydrogen-bond acceptors (Lipinski definition) is 2. The molecule has 0 heterocycles. The molecular weight excluding hydrogens is 220 g/mol. The van der Waals surface area contributed by atoms with Crippen LogP contribution in [0.25, 0.3) is 0 Å². The van der Waals surface area contributed by atoms with Crippen LogP contribution in [0.2, 0.25) is 0 Å². The highest BCUT2D eigenvalue weighted by Crippen LogP contribution is 2.34. The van der Waals surface area contributed by atoms with E-state index in [2.05, 4.69) is 35.7 Å². The number of anilines is 1. The zero-order chi connectivity index (χ0) is 12.4. The standard InChI is InChI=1S/C16H14N2/c17-10-13-6-2-4-8-16(13)18-11-14-9-12-5-1-3-7-15(12)14/h1-8,14,18H,9,11H2. The predicted octanol–water partition coefficient (Wildman–Crippen LogP) is 3.31. The zero-order valence-corrected chi connectivity index (χ0v) is 10.1. The van der Waals surface area contributed by atoms with Gasteiger partial charge in [-0.15, -0.1) is 0 Å². The maximum Gasteiger partial charge on any atom is 0.101 e. The summed E-state index contributed by atoms with van der Waals surface area (Å²) in [4.78, 5) is 0. The lowest BCUT2D eigenvalue weighted by atomic mass is 9.77. The first-order valence-electron chi connectivity index (χ1n) is 6.19. The first-order chi connectivity index (χ1) is 8.88. The van der Waals surface area contributed by atoms with Gasteiger partial charge >= 0.3 is 0 Å². The molecule has 0 aliphatic heterocycles. The number of benzene rings is 2. The molecule has 2 aromatic carbocycles. The normalized spacial score (nSPS) is 16.3. The Kier molecular flexibility index (Phi) is 2.74. The van der Waals surface area contributed by atoms with Crippen molar-refractivity contribution in [1.29, 1.82) is 5.26 Å². The van der Waals surface area contributed by atoms with Gasteiger partial charge in [0.25, 0.3) is 0 Å². The summed E-state index contributed by atoms with van der Waals surface area (Å²) >= 11 is 0. The minimum Gasteiger partial charge on any atom is -0.383 e. The van der Waals surface area contributed by atoms with Gasteiger partial charge in [-0.3, -0.25) is 0 Å². The van der Waals surface area contributed by atoms with Crippen LogP contribution in [0, 0.1) is 11.3 Å². The number of fused-ring (bicyclic) bond motifs is 1. The predicted molar refractivity (Wildman–Crippen MR) is 72.5 cm³/mol. The molecule has 0 spiro atoms. The highest BCUT2D eigenvalue weighted by atomic mass is 14.9. The maximum absolute atomic E-state index is 9.02. The van der Waals surface area contributed by atoms with E-state index in [9.17, 15) is 0 Å². The van der Waals surface area contributed by atoms with Gasteiger partial charge in [-0.25, -0.2) is 0 Å². The first-order valence-corrected chi connectivity index (χ1v) is 6.19. The van der Waals surface area contributed by atoms with Gasteiger partial charge in [-0.2, -0.15) is 5.26 Å². The quantitative estimate of drug-likeness (QED) is 0.884. The van der Waals surface area contributed by atoms with Crippen LogP contribution in [0.1, 0.15) is 22.6 Å². The van der Waals surface area contributed by atoms with Crippen LogP contribution in [0.4, 0.5) is 5.69 Å². The number of nitriles is 1. The molecule has 0 bridgehead atoms. The van der Waals surface area contributed by atoms with Gasteiger partial charge in [-0.05, 0) is 29.7 Å². The third-order valence-electron chi connectivity index (χ3n) is 3.55. The van der Waals surface area contributed by atoms with Gasteiger partial charge in [0.1, 0.15) is 6.07 Å². The SMILES string of the molecule is N#Cc1ccccc1NCC1Cc2ccccc21. The van der Waals surface area contributed by atoms with Crippen molar-refractivity contribution in [3.05, 3.63) is 65.2 Å². The molecule has 3 rings (SSSR count). The summed E-state index contributed by atoms with van der Waals surface area (Å²) in [6, 6.07) is 18.4. The average molecular weight is 234 g/mol. The fourth-order valence-corrected chi connectivity index (χ4v) is 2.51. The summed E-state index contributed by atoms with van der Waals surface area (Å²) < 4.78 is 0. The molecule has 0 saturated carbocycles. The monoisotopic (exact) mass is 234 g/mol. The van der Waals surface area contributed by atoms with Gasteiger partial charge in [0, 0.05) is 12.5 Å². The molecule has 0 amide bonds. The molecule has 1 aliphatic carbocycles. The lowest BCUT2D eigenvalue weighted by molar-refractivity contribution is 0.636. The zero-order valence-electron chi connectivity index (χ0n) is 10.1. The van der Waals surface area contributed by atoms with E-state index in [-0.39, 0.29) is 0 Å². The lowest BCUT2D eigenvalue weighted by Crippen LogP contribution is -2.24. The molecule has 1 aliphatic rings. The van der Waals surface area contributed by atoms with E-state index in [0.717, 1.165) is 18.7 Å². The summed E-state index contributed by atoms with van der Waals surface area (Å²) in [5, 5.41) is 12.4. The summed E-state index contributed by atoms with van der Waals surface area (Å²) in [5.74, 6) is 0.577. The topological polar surface area (TPSA) is 35.8 Å². The van der Waals surface area contributed by atoms with Gasteiger partial charge in [0.15, 0.2) is 0 Å². The molecule has 0 fully saturated rings. The van der Waals surface area contributed by atoms with E-state index in [1.165, 1.54) is 11.1 Å². The molecule has 2 aromatic rings. The van der Waals surface area contributed by atoms with Gasteiger partial charge in [0.05, 0.1) is 11.3 Å². The fraction of sp³-hybridized carbons (Fsp3) is 0.188. The van der Waals surface area contributed by atoms with Crippen molar-refractivity contribution >= 4 is 5.69 Å². The van der Waals surface area contributed by atoms with Gasteiger partial charge in [-0.1, -0.05) is 36.4 Å². The summed E-state index contributed by atoms with van der Waals surface area (Å²) in [6.07, 6.45) is 1.14. The van der Waals surface area contributed by atoms with Crippen molar-refractivity contribution in [3.8, 4) is 6.07 Å². The Morgan fingerprint density at radius 1 is 1.11 bits per heavy atom. The van der Waals surface area contributed by atoms with Crippen molar-refractivity contribution in [2.45, 2.75) is 12.3 Å². The molecule has 1 unspecified atom stereocenters. The van der Waals surface area contributed by atoms with Crippen LogP contribution in [0.5, 0.6) is 0 Å². The molecule has 2 heteroatoms. The van der Waals surface area contributed by atoms with Crippen molar-refractivity contribution < 1.29 is 0 Å². The second-order valence-corrected chi connectivity index (χ2v) is 4.64. The van der Waals surface area contributed by atoms with Crippen LogP contribution in [0.15, 0.2) is 48.5 Å². The number of hydrogen-bond donors (Lipinski definition) is 1. The van der Waals surface area contributed by atoms with E-state index in [1.54, 1.807) is 0 Å². The van der Waals surface area contributed by atoms with Crippen molar-refractivity contribution in [3.63, 3.8) is 0 Å². The second kappa shape index (κ2) is 4.54. The highest BCUT2D eigenvalue weighted by Gasteiger charge is 2.24. The van der Waals surface area contributed by atoms with E-state index in [1.807, 2.05) is 24.3 Å². The molecular formula is C16H14N2. The Hall–Kier alpha value is -2.27. The van der Waals surface area contributed by atoms with Crippen LogP contribution >= 0.6 is 0 Å². The molecule has 0 saturated heterocycles. The van der Waals surface area contributed by atoms with Crippen molar-refractivity contribution in [2.75, 3.05) is 11.9 Å². The largest absolute Gasteiger partial charge is 0.383 e. The molecule has 0 radical (unpaired) electrons. The molecule has 88 valence electrons. The van der Waals surface area contributed by atoms with E-state index in [0.29, 0.717) is 11.5 Å². The molecule has 0 aromatic heterocycles. The Morgan fingerprint density at radius 3 is 2.72 bits per heavy atom. The van der Waals surface area contributed by atoms with E-state index >= 15 is 0 Å². The maximum atomic E-state index is 9.02. The smallest absolute Gasteiger partial charge is 0.101 e. The third-order valence-corrected chi connectivity index (χ3v) is 3.55. The van der Waals surface area contributed by atoms with Crippen LogP contribution in [-0.2, 0) is 6.42 Å². The van der Waals surface area contributed by atoms with Gasteiger partial charge < -0.3 is 5.32 Å². The highest BCUT2D eigenvalue weighted by molar-refractivity contribution is 5.57. The Bertz CT molecular complexity index is 610. The second-order valence-electron chi connectivity index (χ2n) is 4.64. The summed E-state index contributed by atoms with van der Waals surface area (Å²) in [5.41, 5.74) is 4.55. The number of rotatable bonds is 3. The Labute approximate surface area is 107 Å². The Morgan fingerprint density at radius 2 is 1.89 bits per heavy atom. The van der Waals surface area contributed by atoms with Crippen LogP contribution in [0.3, 0.4) is 0 Å². The first kappa shape index (κ1) is 10.9. The molecule has 1 atom stereocenters. The third kappa shape index (κ3) is 1.84. The summed E-state index contributed by atoms with van der Waals surface area (Å²) in [6.45, 7) is 0.899.